The van der Waals surface area contributed by atoms with Crippen molar-refractivity contribution in [2.75, 3.05) is 5.73 Å². The van der Waals surface area contributed by atoms with E-state index in [0.29, 0.717) is 5.76 Å². The van der Waals surface area contributed by atoms with E-state index in [9.17, 15) is 18.5 Å². The van der Waals surface area contributed by atoms with Crippen LogP contribution in [0.15, 0.2) is 39.9 Å². The van der Waals surface area contributed by atoms with Crippen LogP contribution < -0.4 is 10.5 Å². The largest absolute Gasteiger partial charge is 0.397 e. The number of non-ortho nitro benzene ring substituents is 1. The second-order valence-corrected chi connectivity index (χ2v) is 5.52. The van der Waals surface area contributed by atoms with Crippen molar-refractivity contribution in [2.45, 2.75) is 11.4 Å². The van der Waals surface area contributed by atoms with Gasteiger partial charge in [0, 0.05) is 18.2 Å². The van der Waals surface area contributed by atoms with Crippen LogP contribution in [0.2, 0.25) is 0 Å². The molecule has 10 heteroatoms. The van der Waals surface area contributed by atoms with Gasteiger partial charge >= 0.3 is 0 Å². The molecule has 106 valence electrons. The van der Waals surface area contributed by atoms with E-state index >= 15 is 0 Å². The number of nitrogens with two attached hydrogens (primary N) is 1. The third-order valence-corrected chi connectivity index (χ3v) is 3.90. The fraction of sp³-hybridized carbons (Fsp3) is 0.100. The third-order valence-electron chi connectivity index (χ3n) is 2.42. The fourth-order valence-electron chi connectivity index (χ4n) is 1.47. The van der Waals surface area contributed by atoms with Crippen molar-refractivity contribution in [3.8, 4) is 0 Å². The molecule has 2 rings (SSSR count). The Balaban J connectivity index is 2.23. The van der Waals surface area contributed by atoms with Crippen molar-refractivity contribution in [3.05, 3.63) is 46.3 Å². The van der Waals surface area contributed by atoms with Crippen molar-refractivity contribution in [3.63, 3.8) is 0 Å². The molecule has 0 bridgehead atoms. The molecule has 0 spiro atoms. The molecule has 9 nitrogen and oxygen atoms in total. The Labute approximate surface area is 113 Å². The molecule has 1 aromatic heterocycles. The predicted octanol–water partition coefficient (Wildman–Crippen LogP) is 0.643. The normalized spacial score (nSPS) is 11.4. The molecule has 0 atom stereocenters. The van der Waals surface area contributed by atoms with Gasteiger partial charge in [-0.05, 0) is 6.07 Å². The second kappa shape index (κ2) is 5.27. The van der Waals surface area contributed by atoms with Gasteiger partial charge in [-0.15, -0.1) is 0 Å². The highest BCUT2D eigenvalue weighted by Gasteiger charge is 2.20. The number of anilines is 1. The van der Waals surface area contributed by atoms with Crippen LogP contribution in [0.5, 0.6) is 0 Å². The summed E-state index contributed by atoms with van der Waals surface area (Å²) in [7, 11) is -3.89. The Bertz CT molecular complexity index is 726. The number of nitro benzene ring substituents is 1. The smallest absolute Gasteiger partial charge is 0.271 e. The topological polar surface area (TPSA) is 141 Å². The lowest BCUT2D eigenvalue weighted by atomic mass is 10.3. The van der Waals surface area contributed by atoms with E-state index in [1.165, 1.54) is 12.3 Å². The highest BCUT2D eigenvalue weighted by Crippen LogP contribution is 2.23. The number of aromatic nitrogens is 1. The van der Waals surface area contributed by atoms with E-state index in [0.717, 1.165) is 18.2 Å². The summed E-state index contributed by atoms with van der Waals surface area (Å²) in [6, 6.07) is 4.64. The number of hydrogen-bond acceptors (Lipinski definition) is 7. The summed E-state index contributed by atoms with van der Waals surface area (Å²) in [5.41, 5.74) is 5.05. The Morgan fingerprint density at radius 1 is 1.40 bits per heavy atom. The molecular weight excluding hydrogens is 288 g/mol. The highest BCUT2D eigenvalue weighted by molar-refractivity contribution is 7.89. The van der Waals surface area contributed by atoms with Crippen molar-refractivity contribution in [1.82, 2.24) is 9.88 Å². The minimum Gasteiger partial charge on any atom is -0.397 e. The van der Waals surface area contributed by atoms with Gasteiger partial charge in [0.1, 0.15) is 4.90 Å². The van der Waals surface area contributed by atoms with E-state index in [-0.39, 0.29) is 22.8 Å². The fourth-order valence-corrected chi connectivity index (χ4v) is 2.58. The van der Waals surface area contributed by atoms with E-state index in [4.69, 9.17) is 10.3 Å². The molecule has 0 aliphatic heterocycles. The van der Waals surface area contributed by atoms with Crippen molar-refractivity contribution in [1.29, 1.82) is 0 Å². The van der Waals surface area contributed by atoms with Gasteiger partial charge < -0.3 is 10.3 Å². The summed E-state index contributed by atoms with van der Waals surface area (Å²) < 4.78 is 31.0. The van der Waals surface area contributed by atoms with Gasteiger partial charge in [0.05, 0.1) is 23.4 Å². The van der Waals surface area contributed by atoms with Crippen molar-refractivity contribution in [2.24, 2.45) is 0 Å². The van der Waals surface area contributed by atoms with E-state index in [2.05, 4.69) is 9.88 Å². The lowest BCUT2D eigenvalue weighted by Gasteiger charge is -2.07. The molecule has 0 aliphatic rings. The number of benzene rings is 1. The Morgan fingerprint density at radius 2 is 2.15 bits per heavy atom. The first-order chi connectivity index (χ1) is 9.40. The van der Waals surface area contributed by atoms with Crippen LogP contribution in [0.1, 0.15) is 5.76 Å². The quantitative estimate of drug-likeness (QED) is 0.468. The third kappa shape index (κ3) is 2.92. The molecule has 0 radical (unpaired) electrons. The first kappa shape index (κ1) is 14.0. The zero-order chi connectivity index (χ0) is 14.8. The number of nitrogen functional groups attached to an aromatic ring is 1. The van der Waals surface area contributed by atoms with Crippen molar-refractivity contribution >= 4 is 21.4 Å². The van der Waals surface area contributed by atoms with Gasteiger partial charge in [-0.25, -0.2) is 13.1 Å². The lowest BCUT2D eigenvalue weighted by molar-refractivity contribution is -0.384. The number of nitro groups is 1. The Hall–Kier alpha value is -2.46. The molecule has 0 saturated heterocycles. The number of nitrogens with one attached hydrogen (secondary N) is 1. The van der Waals surface area contributed by atoms with Gasteiger partial charge in [-0.2, -0.15) is 0 Å². The minimum atomic E-state index is -3.89. The van der Waals surface area contributed by atoms with Crippen LogP contribution in [-0.4, -0.2) is 18.5 Å². The Kier molecular flexibility index (Phi) is 3.68. The molecule has 3 N–H and O–H groups in total. The average Bonchev–Trinajstić information content (AvgIpc) is 2.89. The van der Waals surface area contributed by atoms with Gasteiger partial charge in [0.2, 0.25) is 10.0 Å². The molecule has 0 aliphatic carbocycles. The maximum Gasteiger partial charge on any atom is 0.271 e. The number of nitrogens with zero attached hydrogens (tertiary/aromatic N) is 2. The van der Waals surface area contributed by atoms with E-state index in [1.807, 2.05) is 0 Å². The lowest BCUT2D eigenvalue weighted by Crippen LogP contribution is -2.24. The van der Waals surface area contributed by atoms with Crippen LogP contribution in [0.25, 0.3) is 0 Å². The standard InChI is InChI=1S/C10H10N4O5S/c11-9-5-7(14(15)16)1-2-10(9)20(17,18)13-6-8-3-4-12-19-8/h1-5,13H,6,11H2. The van der Waals surface area contributed by atoms with Crippen LogP contribution in [0, 0.1) is 10.1 Å². The summed E-state index contributed by atoms with van der Waals surface area (Å²) in [4.78, 5) is 9.67. The molecule has 0 saturated carbocycles. The number of hydrogen-bond donors (Lipinski definition) is 2. The van der Waals surface area contributed by atoms with Crippen molar-refractivity contribution < 1.29 is 17.9 Å². The minimum absolute atomic E-state index is 0.0985. The average molecular weight is 298 g/mol. The highest BCUT2D eigenvalue weighted by atomic mass is 32.2. The van der Waals surface area contributed by atoms with Gasteiger partial charge in [-0.1, -0.05) is 5.16 Å². The number of rotatable bonds is 5. The van der Waals surface area contributed by atoms with E-state index in [1.54, 1.807) is 0 Å². The second-order valence-electron chi connectivity index (χ2n) is 3.78. The molecule has 1 heterocycles. The van der Waals surface area contributed by atoms with Crippen LogP contribution >= 0.6 is 0 Å². The first-order valence-electron chi connectivity index (χ1n) is 5.33. The first-order valence-corrected chi connectivity index (χ1v) is 6.81. The zero-order valence-corrected chi connectivity index (χ0v) is 10.8. The van der Waals surface area contributed by atoms with Gasteiger partial charge in [0.15, 0.2) is 5.76 Å². The van der Waals surface area contributed by atoms with Gasteiger partial charge in [-0.3, -0.25) is 10.1 Å². The summed E-state index contributed by atoms with van der Waals surface area (Å²) in [6.07, 6.45) is 1.38. The predicted molar refractivity (Wildman–Crippen MR) is 68.0 cm³/mol. The maximum absolute atomic E-state index is 12.0. The Morgan fingerprint density at radius 3 is 2.70 bits per heavy atom. The van der Waals surface area contributed by atoms with Crippen LogP contribution in [-0.2, 0) is 16.6 Å². The maximum atomic E-state index is 12.0. The van der Waals surface area contributed by atoms with Crippen LogP contribution in [0.4, 0.5) is 11.4 Å². The van der Waals surface area contributed by atoms with Crippen LogP contribution in [0.3, 0.4) is 0 Å². The zero-order valence-electron chi connectivity index (χ0n) is 10.0. The summed E-state index contributed by atoms with van der Waals surface area (Å²) in [5, 5.41) is 14.0. The van der Waals surface area contributed by atoms with E-state index < -0.39 is 14.9 Å². The monoisotopic (exact) mass is 298 g/mol. The molecule has 20 heavy (non-hydrogen) atoms. The molecular formula is C10H10N4O5S. The molecule has 1 aromatic carbocycles. The summed E-state index contributed by atoms with van der Waals surface area (Å²) >= 11 is 0. The number of sulfonamides is 1. The van der Waals surface area contributed by atoms with Gasteiger partial charge in [0.25, 0.3) is 5.69 Å². The summed E-state index contributed by atoms with van der Waals surface area (Å²) in [5.74, 6) is 0.328. The molecule has 0 fully saturated rings. The summed E-state index contributed by atoms with van der Waals surface area (Å²) in [6.45, 7) is -0.0985. The molecule has 2 aromatic rings. The molecule has 0 unspecified atom stereocenters. The SMILES string of the molecule is Nc1cc([N+](=O)[O-])ccc1S(=O)(=O)NCc1ccno1. The molecule has 0 amide bonds.